The number of hydrogen-bond acceptors (Lipinski definition) is 2. The van der Waals surface area contributed by atoms with Crippen molar-refractivity contribution in [2.45, 2.75) is 26.8 Å². The van der Waals surface area contributed by atoms with E-state index >= 15 is 0 Å². The molecule has 0 fully saturated rings. The molecule has 0 aliphatic heterocycles. The van der Waals surface area contributed by atoms with Gasteiger partial charge in [-0.05, 0) is 43.5 Å². The van der Waals surface area contributed by atoms with Crippen LogP contribution in [-0.4, -0.2) is 0 Å². The molecule has 0 saturated carbocycles. The molecular weight excluding hydrogens is 256 g/mol. The number of nitrogens with two attached hydrogens (primary N) is 1. The van der Waals surface area contributed by atoms with E-state index in [9.17, 15) is 0 Å². The molecule has 0 heterocycles. The highest BCUT2D eigenvalue weighted by atomic mass is 35.5. The molecule has 1 unspecified atom stereocenters. The van der Waals surface area contributed by atoms with Crippen LogP contribution in [0.1, 0.15) is 33.9 Å². The zero-order valence-electron chi connectivity index (χ0n) is 11.5. The minimum Gasteiger partial charge on any atom is -0.271 e. The van der Waals surface area contributed by atoms with Gasteiger partial charge in [-0.25, -0.2) is 5.43 Å². The zero-order valence-corrected chi connectivity index (χ0v) is 12.3. The van der Waals surface area contributed by atoms with Crippen LogP contribution < -0.4 is 11.3 Å². The summed E-state index contributed by atoms with van der Waals surface area (Å²) in [5.41, 5.74) is 8.71. The van der Waals surface area contributed by atoms with Crippen molar-refractivity contribution in [3.8, 4) is 0 Å². The summed E-state index contributed by atoms with van der Waals surface area (Å²) in [7, 11) is 0. The summed E-state index contributed by atoms with van der Waals surface area (Å²) in [5.74, 6) is 5.74. The van der Waals surface area contributed by atoms with Crippen LogP contribution >= 0.6 is 11.6 Å². The summed E-state index contributed by atoms with van der Waals surface area (Å²) in [6.45, 7) is 6.19. The van der Waals surface area contributed by atoms with E-state index in [-0.39, 0.29) is 6.04 Å². The van der Waals surface area contributed by atoms with Gasteiger partial charge in [0.2, 0.25) is 0 Å². The maximum Gasteiger partial charge on any atom is 0.0710 e. The first-order chi connectivity index (χ1) is 9.01. The van der Waals surface area contributed by atoms with Crippen LogP contribution in [0.25, 0.3) is 0 Å². The standard InChI is InChI=1S/C16H19ClN2/c1-10-6-11(2)8-14(7-10)16(19-18)13-4-5-15(17)12(3)9-13/h4-9,16,19H,18H2,1-3H3. The third-order valence-electron chi connectivity index (χ3n) is 3.26. The smallest absolute Gasteiger partial charge is 0.0710 e. The van der Waals surface area contributed by atoms with E-state index in [1.165, 1.54) is 16.7 Å². The van der Waals surface area contributed by atoms with Gasteiger partial charge >= 0.3 is 0 Å². The Balaban J connectivity index is 2.46. The summed E-state index contributed by atoms with van der Waals surface area (Å²) < 4.78 is 0. The lowest BCUT2D eigenvalue weighted by molar-refractivity contribution is 0.635. The first-order valence-corrected chi connectivity index (χ1v) is 6.69. The van der Waals surface area contributed by atoms with Crippen molar-refractivity contribution < 1.29 is 0 Å². The van der Waals surface area contributed by atoms with Gasteiger partial charge in [-0.1, -0.05) is 53.1 Å². The molecule has 0 aliphatic rings. The molecule has 19 heavy (non-hydrogen) atoms. The molecule has 0 aliphatic carbocycles. The summed E-state index contributed by atoms with van der Waals surface area (Å²) in [4.78, 5) is 0. The zero-order chi connectivity index (χ0) is 14.0. The van der Waals surface area contributed by atoms with Crippen LogP contribution in [-0.2, 0) is 0 Å². The molecule has 2 rings (SSSR count). The van der Waals surface area contributed by atoms with E-state index < -0.39 is 0 Å². The largest absolute Gasteiger partial charge is 0.271 e. The molecule has 100 valence electrons. The lowest BCUT2D eigenvalue weighted by Crippen LogP contribution is -2.29. The highest BCUT2D eigenvalue weighted by Gasteiger charge is 2.13. The van der Waals surface area contributed by atoms with Gasteiger partial charge in [-0.2, -0.15) is 0 Å². The predicted octanol–water partition coefficient (Wildman–Crippen LogP) is 3.82. The SMILES string of the molecule is Cc1cc(C)cc(C(NN)c2ccc(Cl)c(C)c2)c1. The Bertz CT molecular complexity index is 573. The second-order valence-electron chi connectivity index (χ2n) is 5.03. The second-order valence-corrected chi connectivity index (χ2v) is 5.44. The van der Waals surface area contributed by atoms with Gasteiger partial charge in [-0.15, -0.1) is 0 Å². The van der Waals surface area contributed by atoms with E-state index in [1.807, 2.05) is 19.1 Å². The van der Waals surface area contributed by atoms with Crippen LogP contribution in [0.3, 0.4) is 0 Å². The quantitative estimate of drug-likeness (QED) is 0.660. The molecule has 3 heteroatoms. The van der Waals surface area contributed by atoms with Crippen molar-refractivity contribution in [1.82, 2.24) is 5.43 Å². The maximum absolute atomic E-state index is 6.07. The lowest BCUT2D eigenvalue weighted by atomic mass is 9.95. The van der Waals surface area contributed by atoms with Gasteiger partial charge in [0.05, 0.1) is 6.04 Å². The average molecular weight is 275 g/mol. The topological polar surface area (TPSA) is 38.0 Å². The number of rotatable bonds is 3. The van der Waals surface area contributed by atoms with Crippen LogP contribution in [0.4, 0.5) is 0 Å². The van der Waals surface area contributed by atoms with E-state index in [4.69, 9.17) is 17.4 Å². The Kier molecular flexibility index (Phi) is 4.25. The number of hydrazine groups is 1. The lowest BCUT2D eigenvalue weighted by Gasteiger charge is -2.19. The molecule has 0 amide bonds. The van der Waals surface area contributed by atoms with Crippen LogP contribution in [0.5, 0.6) is 0 Å². The fraction of sp³-hybridized carbons (Fsp3) is 0.250. The Morgan fingerprint density at radius 1 is 0.947 bits per heavy atom. The van der Waals surface area contributed by atoms with Crippen LogP contribution in [0.2, 0.25) is 5.02 Å². The van der Waals surface area contributed by atoms with Gasteiger partial charge in [0.15, 0.2) is 0 Å². The number of benzene rings is 2. The van der Waals surface area contributed by atoms with Gasteiger partial charge < -0.3 is 0 Å². The van der Waals surface area contributed by atoms with Crippen LogP contribution in [0, 0.1) is 20.8 Å². The normalized spacial score (nSPS) is 12.5. The Labute approximate surface area is 119 Å². The monoisotopic (exact) mass is 274 g/mol. The van der Waals surface area contributed by atoms with E-state index in [2.05, 4.69) is 43.5 Å². The summed E-state index contributed by atoms with van der Waals surface area (Å²) in [6, 6.07) is 12.4. The fourth-order valence-electron chi connectivity index (χ4n) is 2.41. The predicted molar refractivity (Wildman–Crippen MR) is 81.3 cm³/mol. The number of hydrogen-bond donors (Lipinski definition) is 2. The highest BCUT2D eigenvalue weighted by Crippen LogP contribution is 2.26. The third kappa shape index (κ3) is 3.16. The van der Waals surface area contributed by atoms with Crippen molar-refractivity contribution in [3.05, 3.63) is 69.2 Å². The summed E-state index contributed by atoms with van der Waals surface area (Å²) >= 11 is 6.07. The Hall–Kier alpha value is -1.35. The third-order valence-corrected chi connectivity index (χ3v) is 3.68. The first-order valence-electron chi connectivity index (χ1n) is 6.31. The fourth-order valence-corrected chi connectivity index (χ4v) is 2.53. The molecular formula is C16H19ClN2. The van der Waals surface area contributed by atoms with Gasteiger partial charge in [0.25, 0.3) is 0 Å². The minimum absolute atomic E-state index is 0.0189. The van der Waals surface area contributed by atoms with Crippen molar-refractivity contribution in [3.63, 3.8) is 0 Å². The Morgan fingerprint density at radius 3 is 2.11 bits per heavy atom. The minimum atomic E-state index is -0.0189. The second kappa shape index (κ2) is 5.74. The summed E-state index contributed by atoms with van der Waals surface area (Å²) in [5, 5.41) is 0.778. The van der Waals surface area contributed by atoms with Gasteiger partial charge in [0, 0.05) is 5.02 Å². The summed E-state index contributed by atoms with van der Waals surface area (Å²) in [6.07, 6.45) is 0. The number of nitrogens with one attached hydrogen (secondary N) is 1. The first kappa shape index (κ1) is 14.1. The molecule has 1 atom stereocenters. The molecule has 2 nitrogen and oxygen atoms in total. The molecule has 0 spiro atoms. The van der Waals surface area contributed by atoms with E-state index in [0.717, 1.165) is 16.1 Å². The van der Waals surface area contributed by atoms with E-state index in [0.29, 0.717) is 0 Å². The van der Waals surface area contributed by atoms with Crippen molar-refractivity contribution in [2.24, 2.45) is 5.84 Å². The van der Waals surface area contributed by atoms with Crippen LogP contribution in [0.15, 0.2) is 36.4 Å². The van der Waals surface area contributed by atoms with Crippen molar-refractivity contribution >= 4 is 11.6 Å². The molecule has 2 aromatic carbocycles. The van der Waals surface area contributed by atoms with Gasteiger partial charge in [0.1, 0.15) is 0 Å². The Morgan fingerprint density at radius 2 is 1.58 bits per heavy atom. The molecule has 0 bridgehead atoms. The average Bonchev–Trinajstić information content (AvgIpc) is 2.33. The van der Waals surface area contributed by atoms with Crippen molar-refractivity contribution in [2.75, 3.05) is 0 Å². The highest BCUT2D eigenvalue weighted by molar-refractivity contribution is 6.31. The molecule has 0 radical (unpaired) electrons. The van der Waals surface area contributed by atoms with Gasteiger partial charge in [-0.3, -0.25) is 5.84 Å². The molecule has 0 saturated heterocycles. The number of halogens is 1. The maximum atomic E-state index is 6.07. The molecule has 3 N–H and O–H groups in total. The molecule has 0 aromatic heterocycles. The number of aryl methyl sites for hydroxylation is 3. The van der Waals surface area contributed by atoms with Crippen molar-refractivity contribution in [1.29, 1.82) is 0 Å². The van der Waals surface area contributed by atoms with E-state index in [1.54, 1.807) is 0 Å². The molecule has 2 aromatic rings.